The molecule has 0 amide bonds. The van der Waals surface area contributed by atoms with Crippen LogP contribution in [0.4, 0.5) is 5.69 Å². The first-order valence-corrected chi connectivity index (χ1v) is 6.61. The summed E-state index contributed by atoms with van der Waals surface area (Å²) in [6.07, 6.45) is 0. The molecule has 4 heteroatoms. The second-order valence-electron chi connectivity index (χ2n) is 4.90. The molecule has 1 atom stereocenters. The van der Waals surface area contributed by atoms with Crippen molar-refractivity contribution in [3.63, 3.8) is 0 Å². The lowest BCUT2D eigenvalue weighted by Gasteiger charge is -2.37. The van der Waals surface area contributed by atoms with E-state index in [2.05, 4.69) is 22.0 Å². The van der Waals surface area contributed by atoms with Gasteiger partial charge in [0.15, 0.2) is 0 Å². The molecule has 0 spiro atoms. The van der Waals surface area contributed by atoms with Gasteiger partial charge in [0.1, 0.15) is 0 Å². The predicted molar refractivity (Wildman–Crippen MR) is 75.5 cm³/mol. The zero-order valence-electron chi connectivity index (χ0n) is 11.0. The quantitative estimate of drug-likeness (QED) is 0.891. The molecule has 1 aromatic heterocycles. The summed E-state index contributed by atoms with van der Waals surface area (Å²) in [6, 6.07) is 10.3. The van der Waals surface area contributed by atoms with Crippen LogP contribution in [0.15, 0.2) is 30.3 Å². The monoisotopic (exact) mass is 258 g/mol. The molecule has 100 valence electrons. The van der Waals surface area contributed by atoms with E-state index in [1.54, 1.807) is 0 Å². The summed E-state index contributed by atoms with van der Waals surface area (Å²) in [6.45, 7) is 4.19. The minimum absolute atomic E-state index is 0.0268. The minimum atomic E-state index is 0.0268. The van der Waals surface area contributed by atoms with Crippen molar-refractivity contribution in [2.45, 2.75) is 13.0 Å². The van der Waals surface area contributed by atoms with Crippen LogP contribution in [0, 0.1) is 6.92 Å². The van der Waals surface area contributed by atoms with Gasteiger partial charge in [-0.15, -0.1) is 0 Å². The maximum atomic E-state index is 9.53. The molecule has 2 heterocycles. The molecular weight excluding hydrogens is 240 g/mol. The van der Waals surface area contributed by atoms with Gasteiger partial charge in [-0.25, -0.2) is 0 Å². The van der Waals surface area contributed by atoms with Crippen molar-refractivity contribution >= 4 is 16.6 Å². The lowest BCUT2D eigenvalue weighted by Crippen LogP contribution is -2.47. The van der Waals surface area contributed by atoms with Gasteiger partial charge >= 0.3 is 0 Å². The van der Waals surface area contributed by atoms with Gasteiger partial charge in [-0.1, -0.05) is 18.2 Å². The average molecular weight is 258 g/mol. The molecule has 0 radical (unpaired) electrons. The van der Waals surface area contributed by atoms with E-state index in [4.69, 9.17) is 4.74 Å². The van der Waals surface area contributed by atoms with Crippen molar-refractivity contribution in [1.29, 1.82) is 0 Å². The van der Waals surface area contributed by atoms with Crippen LogP contribution < -0.4 is 4.90 Å². The first kappa shape index (κ1) is 12.4. The maximum absolute atomic E-state index is 9.53. The van der Waals surface area contributed by atoms with Gasteiger partial charge in [-0.2, -0.15) is 0 Å². The molecular formula is C15H18N2O2. The Labute approximate surface area is 112 Å². The van der Waals surface area contributed by atoms with Gasteiger partial charge < -0.3 is 14.7 Å². The van der Waals surface area contributed by atoms with Crippen molar-refractivity contribution < 1.29 is 9.84 Å². The first-order chi connectivity index (χ1) is 9.29. The highest BCUT2D eigenvalue weighted by molar-refractivity contribution is 5.92. The second-order valence-corrected chi connectivity index (χ2v) is 4.90. The Morgan fingerprint density at radius 1 is 1.42 bits per heavy atom. The Hall–Kier alpha value is -1.65. The number of aliphatic hydroxyl groups is 1. The van der Waals surface area contributed by atoms with Crippen LogP contribution in [-0.4, -0.2) is 42.5 Å². The molecule has 19 heavy (non-hydrogen) atoms. The summed E-state index contributed by atoms with van der Waals surface area (Å²) in [4.78, 5) is 6.80. The standard InChI is InChI=1S/C15H18N2O2/c1-11-8-15(13-4-2-3-5-14(13)16-11)17-6-7-19-10-12(17)9-18/h2-5,8,12,18H,6-7,9-10H2,1H3. The van der Waals surface area contributed by atoms with Crippen LogP contribution in [0.5, 0.6) is 0 Å². The van der Waals surface area contributed by atoms with E-state index in [9.17, 15) is 5.11 Å². The van der Waals surface area contributed by atoms with E-state index in [1.807, 2.05) is 25.1 Å². The number of benzene rings is 1. The highest BCUT2D eigenvalue weighted by Crippen LogP contribution is 2.29. The Morgan fingerprint density at radius 2 is 2.26 bits per heavy atom. The number of fused-ring (bicyclic) bond motifs is 1. The Balaban J connectivity index is 2.12. The molecule has 1 unspecified atom stereocenters. The zero-order valence-corrected chi connectivity index (χ0v) is 11.0. The first-order valence-electron chi connectivity index (χ1n) is 6.61. The van der Waals surface area contributed by atoms with E-state index in [-0.39, 0.29) is 12.6 Å². The number of morpholine rings is 1. The number of aromatic nitrogens is 1. The van der Waals surface area contributed by atoms with Crippen LogP contribution in [0.3, 0.4) is 0 Å². The third-order valence-electron chi connectivity index (χ3n) is 3.57. The molecule has 1 aliphatic rings. The van der Waals surface area contributed by atoms with Crippen molar-refractivity contribution in [2.75, 3.05) is 31.3 Å². The minimum Gasteiger partial charge on any atom is -0.394 e. The summed E-state index contributed by atoms with van der Waals surface area (Å²) in [5, 5.41) is 10.7. The fourth-order valence-electron chi connectivity index (χ4n) is 2.65. The fraction of sp³-hybridized carbons (Fsp3) is 0.400. The smallest absolute Gasteiger partial charge is 0.0755 e. The van der Waals surface area contributed by atoms with Crippen LogP contribution >= 0.6 is 0 Å². The van der Waals surface area contributed by atoms with Gasteiger partial charge in [0.05, 0.1) is 31.4 Å². The van der Waals surface area contributed by atoms with Gasteiger partial charge in [0.25, 0.3) is 0 Å². The number of aryl methyl sites for hydroxylation is 1. The van der Waals surface area contributed by atoms with Crippen molar-refractivity contribution in [1.82, 2.24) is 4.98 Å². The Kier molecular flexibility index (Phi) is 3.36. The van der Waals surface area contributed by atoms with Crippen molar-refractivity contribution in [3.05, 3.63) is 36.0 Å². The van der Waals surface area contributed by atoms with Crippen LogP contribution in [0.25, 0.3) is 10.9 Å². The highest BCUT2D eigenvalue weighted by Gasteiger charge is 2.24. The van der Waals surface area contributed by atoms with E-state index >= 15 is 0 Å². The molecule has 1 fully saturated rings. The molecule has 3 rings (SSSR count). The normalized spacial score (nSPS) is 19.9. The lowest BCUT2D eigenvalue weighted by atomic mass is 10.1. The molecule has 0 saturated carbocycles. The number of para-hydroxylation sites is 1. The molecule has 1 saturated heterocycles. The molecule has 0 aliphatic carbocycles. The summed E-state index contributed by atoms with van der Waals surface area (Å²) in [5.41, 5.74) is 3.14. The van der Waals surface area contributed by atoms with Crippen LogP contribution in [0.2, 0.25) is 0 Å². The number of hydrogen-bond acceptors (Lipinski definition) is 4. The molecule has 0 bridgehead atoms. The van der Waals surface area contributed by atoms with E-state index in [0.29, 0.717) is 13.2 Å². The number of ether oxygens (including phenoxy) is 1. The topological polar surface area (TPSA) is 45.6 Å². The van der Waals surface area contributed by atoms with Crippen LogP contribution in [0.1, 0.15) is 5.69 Å². The van der Waals surface area contributed by atoms with Gasteiger partial charge in [0.2, 0.25) is 0 Å². The third kappa shape index (κ3) is 2.29. The molecule has 1 N–H and O–H groups in total. The summed E-state index contributed by atoms with van der Waals surface area (Å²) < 4.78 is 5.45. The number of aliphatic hydroxyl groups excluding tert-OH is 1. The Morgan fingerprint density at radius 3 is 3.11 bits per heavy atom. The number of anilines is 1. The van der Waals surface area contributed by atoms with Gasteiger partial charge in [0, 0.05) is 23.3 Å². The lowest BCUT2D eigenvalue weighted by molar-refractivity contribution is 0.0728. The number of hydrogen-bond donors (Lipinski definition) is 1. The molecule has 1 aromatic carbocycles. The predicted octanol–water partition coefficient (Wildman–Crippen LogP) is 1.74. The third-order valence-corrected chi connectivity index (χ3v) is 3.57. The average Bonchev–Trinajstić information content (AvgIpc) is 2.46. The molecule has 2 aromatic rings. The summed E-state index contributed by atoms with van der Waals surface area (Å²) in [7, 11) is 0. The Bertz CT molecular complexity index is 585. The summed E-state index contributed by atoms with van der Waals surface area (Å²) in [5.74, 6) is 0. The SMILES string of the molecule is Cc1cc(N2CCOCC2CO)c2ccccc2n1. The second kappa shape index (κ2) is 5.15. The van der Waals surface area contributed by atoms with Crippen molar-refractivity contribution in [2.24, 2.45) is 0 Å². The molecule has 1 aliphatic heterocycles. The largest absolute Gasteiger partial charge is 0.394 e. The fourth-order valence-corrected chi connectivity index (χ4v) is 2.65. The van der Waals surface area contributed by atoms with Crippen LogP contribution in [-0.2, 0) is 4.74 Å². The number of nitrogens with zero attached hydrogens (tertiary/aromatic N) is 2. The van der Waals surface area contributed by atoms with E-state index in [0.717, 1.165) is 28.8 Å². The number of rotatable bonds is 2. The zero-order chi connectivity index (χ0) is 13.2. The van der Waals surface area contributed by atoms with E-state index in [1.165, 1.54) is 0 Å². The van der Waals surface area contributed by atoms with Crippen molar-refractivity contribution in [3.8, 4) is 0 Å². The summed E-state index contributed by atoms with van der Waals surface area (Å²) >= 11 is 0. The van der Waals surface area contributed by atoms with Gasteiger partial charge in [-0.3, -0.25) is 4.98 Å². The maximum Gasteiger partial charge on any atom is 0.0755 e. The number of pyridine rings is 1. The van der Waals surface area contributed by atoms with Gasteiger partial charge in [-0.05, 0) is 19.1 Å². The molecule has 4 nitrogen and oxygen atoms in total. The van der Waals surface area contributed by atoms with E-state index < -0.39 is 0 Å². The highest BCUT2D eigenvalue weighted by atomic mass is 16.5.